The Morgan fingerprint density at radius 3 is 2.53 bits per heavy atom. The average molecular weight is 488 g/mol. The van der Waals surface area contributed by atoms with Crippen LogP contribution in [0.3, 0.4) is 0 Å². The van der Waals surface area contributed by atoms with Crippen molar-refractivity contribution in [2.45, 2.75) is 45.6 Å². The van der Waals surface area contributed by atoms with E-state index in [-0.39, 0.29) is 41.2 Å². The molecule has 1 amide bonds. The van der Waals surface area contributed by atoms with Crippen molar-refractivity contribution >= 4 is 40.9 Å². The predicted molar refractivity (Wildman–Crippen MR) is 119 cm³/mol. The highest BCUT2D eigenvalue weighted by molar-refractivity contribution is 6.38. The molecule has 0 aliphatic rings. The van der Waals surface area contributed by atoms with Gasteiger partial charge in [0.1, 0.15) is 27.6 Å². The summed E-state index contributed by atoms with van der Waals surface area (Å²) in [6.45, 7) is 5.23. The molecule has 0 aliphatic carbocycles. The Morgan fingerprint density at radius 1 is 1.25 bits per heavy atom. The molecule has 0 saturated heterocycles. The molecule has 4 N–H and O–H groups in total. The lowest BCUT2D eigenvalue weighted by Crippen LogP contribution is -2.39. The number of phenols is 1. The van der Waals surface area contributed by atoms with Crippen molar-refractivity contribution < 1.29 is 28.9 Å². The van der Waals surface area contributed by atoms with E-state index in [9.17, 15) is 19.1 Å². The van der Waals surface area contributed by atoms with Gasteiger partial charge in [0.05, 0.1) is 0 Å². The van der Waals surface area contributed by atoms with E-state index in [0.29, 0.717) is 17.7 Å². The molecule has 1 heterocycles. The molecule has 2 aromatic rings. The highest BCUT2D eigenvalue weighted by Crippen LogP contribution is 2.42. The number of nitrogens with one attached hydrogen (secondary N) is 2. The topological polar surface area (TPSA) is 121 Å². The van der Waals surface area contributed by atoms with E-state index in [1.807, 2.05) is 13.8 Å². The molecule has 1 aromatic heterocycles. The van der Waals surface area contributed by atoms with Crippen molar-refractivity contribution in [3.63, 3.8) is 0 Å². The second kappa shape index (κ2) is 11.2. The number of carbonyl (C=O) groups is 2. The number of aliphatic carboxylic acids is 1. The van der Waals surface area contributed by atoms with Crippen LogP contribution in [-0.4, -0.2) is 39.7 Å². The minimum absolute atomic E-state index is 0.0167. The molecular formula is C21H24Cl2FN3O5. The molecule has 1 atom stereocenters. The largest absolute Gasteiger partial charge is 0.508 e. The summed E-state index contributed by atoms with van der Waals surface area (Å²) in [4.78, 5) is 26.0. The maximum Gasteiger partial charge on any atom is 0.326 e. The number of nitrogens with zero attached hydrogens (tertiary/aromatic N) is 1. The van der Waals surface area contributed by atoms with E-state index in [0.717, 1.165) is 0 Å². The van der Waals surface area contributed by atoms with Crippen LogP contribution in [0.5, 0.6) is 17.2 Å². The number of amides is 1. The Morgan fingerprint density at radius 2 is 1.94 bits per heavy atom. The first-order valence-electron chi connectivity index (χ1n) is 9.80. The first-order chi connectivity index (χ1) is 15.0. The number of rotatable bonds is 10. The van der Waals surface area contributed by atoms with E-state index in [1.54, 1.807) is 6.07 Å². The van der Waals surface area contributed by atoms with Crippen LogP contribution in [0.2, 0.25) is 10.0 Å². The zero-order chi connectivity index (χ0) is 24.0. The number of aromatic hydroxyl groups is 1. The summed E-state index contributed by atoms with van der Waals surface area (Å²) in [5, 5.41) is 23.8. The molecule has 2 rings (SSSR count). The Balaban J connectivity index is 2.16. The lowest BCUT2D eigenvalue weighted by Gasteiger charge is -2.16. The standard InChI is InChI=1S/C21H24Cl2FN3O5/c1-10(2)13-9-12(6-7-15(13)29)32-18-16(22)19(24)27-20(17(18)23)25-8-4-5-14(21(30)31)26-11(3)28/h6-7,9-10,14,29H,4-5,8H2,1-3H3,(H,25,27)(H,26,28)(H,30,31)/t14-/m1/s1. The van der Waals surface area contributed by atoms with Crippen LogP contribution in [0, 0.1) is 5.95 Å². The number of carboxylic acid groups (broad SMARTS) is 1. The van der Waals surface area contributed by atoms with Gasteiger partial charge in [-0.2, -0.15) is 9.37 Å². The van der Waals surface area contributed by atoms with E-state index in [4.69, 9.17) is 33.0 Å². The van der Waals surface area contributed by atoms with Gasteiger partial charge in [-0.3, -0.25) is 4.79 Å². The number of phenolic OH excluding ortho intramolecular Hbond substituents is 1. The third kappa shape index (κ3) is 6.61. The summed E-state index contributed by atoms with van der Waals surface area (Å²) in [6, 6.07) is 3.51. The van der Waals surface area contributed by atoms with Crippen molar-refractivity contribution in [2.75, 3.05) is 11.9 Å². The number of benzene rings is 1. The summed E-state index contributed by atoms with van der Waals surface area (Å²) in [5.74, 6) is -2.37. The van der Waals surface area contributed by atoms with Gasteiger partial charge in [-0.1, -0.05) is 37.0 Å². The van der Waals surface area contributed by atoms with Crippen LogP contribution >= 0.6 is 23.2 Å². The maximum atomic E-state index is 14.3. The van der Waals surface area contributed by atoms with Gasteiger partial charge in [0.2, 0.25) is 11.9 Å². The first kappa shape index (κ1) is 25.5. The zero-order valence-corrected chi connectivity index (χ0v) is 19.2. The summed E-state index contributed by atoms with van der Waals surface area (Å²) >= 11 is 12.3. The van der Waals surface area contributed by atoms with Gasteiger partial charge in [0.25, 0.3) is 0 Å². The molecule has 0 unspecified atom stereocenters. The fourth-order valence-corrected chi connectivity index (χ4v) is 3.36. The Hall–Kier alpha value is -2.78. The predicted octanol–water partition coefficient (Wildman–Crippen LogP) is 4.93. The van der Waals surface area contributed by atoms with Gasteiger partial charge in [-0.05, 0) is 37.0 Å². The van der Waals surface area contributed by atoms with Crippen LogP contribution in [0.4, 0.5) is 10.2 Å². The van der Waals surface area contributed by atoms with Crippen LogP contribution in [-0.2, 0) is 9.59 Å². The number of anilines is 1. The highest BCUT2D eigenvalue weighted by Gasteiger charge is 2.21. The first-order valence-corrected chi connectivity index (χ1v) is 10.6. The molecule has 1 aromatic carbocycles. The number of carbonyl (C=O) groups excluding carboxylic acids is 1. The quantitative estimate of drug-likeness (QED) is 0.276. The lowest BCUT2D eigenvalue weighted by molar-refractivity contribution is -0.141. The second-order valence-corrected chi connectivity index (χ2v) is 8.10. The lowest BCUT2D eigenvalue weighted by atomic mass is 10.0. The number of ether oxygens (including phenoxy) is 1. The SMILES string of the molecule is CC(=O)N[C@H](CCCNc1nc(F)c(Cl)c(Oc2ccc(O)c(C(C)C)c2)c1Cl)C(=O)O. The minimum Gasteiger partial charge on any atom is -0.508 e. The maximum absolute atomic E-state index is 14.3. The molecule has 174 valence electrons. The molecule has 0 saturated carbocycles. The Bertz CT molecular complexity index is 1000. The van der Waals surface area contributed by atoms with Crippen molar-refractivity contribution in [1.82, 2.24) is 10.3 Å². The van der Waals surface area contributed by atoms with E-state index >= 15 is 0 Å². The van der Waals surface area contributed by atoms with Crippen molar-refractivity contribution in [3.8, 4) is 17.2 Å². The molecule has 0 radical (unpaired) electrons. The van der Waals surface area contributed by atoms with Crippen molar-refractivity contribution in [1.29, 1.82) is 0 Å². The average Bonchev–Trinajstić information content (AvgIpc) is 2.71. The van der Waals surface area contributed by atoms with Gasteiger partial charge in [0, 0.05) is 19.0 Å². The number of halogens is 3. The highest BCUT2D eigenvalue weighted by atomic mass is 35.5. The van der Waals surface area contributed by atoms with Gasteiger partial charge < -0.3 is 25.6 Å². The minimum atomic E-state index is -1.15. The number of carboxylic acids is 1. The normalized spacial score (nSPS) is 11.8. The van der Waals surface area contributed by atoms with E-state index in [1.165, 1.54) is 19.1 Å². The Labute approximate surface area is 194 Å². The molecule has 0 fully saturated rings. The van der Waals surface area contributed by atoms with Crippen LogP contribution in [0.25, 0.3) is 0 Å². The van der Waals surface area contributed by atoms with Crippen LogP contribution in [0.15, 0.2) is 18.2 Å². The molecule has 0 aliphatic heterocycles. The van der Waals surface area contributed by atoms with Gasteiger partial charge in [0.15, 0.2) is 11.6 Å². The van der Waals surface area contributed by atoms with Crippen LogP contribution < -0.4 is 15.4 Å². The molecule has 11 heteroatoms. The molecule has 0 bridgehead atoms. The number of hydrogen-bond donors (Lipinski definition) is 4. The van der Waals surface area contributed by atoms with E-state index < -0.39 is 28.9 Å². The smallest absolute Gasteiger partial charge is 0.326 e. The third-order valence-electron chi connectivity index (χ3n) is 4.48. The molecule has 8 nitrogen and oxygen atoms in total. The fourth-order valence-electron chi connectivity index (χ4n) is 2.89. The summed E-state index contributed by atoms with van der Waals surface area (Å²) in [5.41, 5.74) is 0.634. The fraction of sp³-hybridized carbons (Fsp3) is 0.381. The monoisotopic (exact) mass is 487 g/mol. The number of aromatic nitrogens is 1. The van der Waals surface area contributed by atoms with E-state index in [2.05, 4.69) is 15.6 Å². The van der Waals surface area contributed by atoms with Gasteiger partial charge in [-0.15, -0.1) is 0 Å². The third-order valence-corrected chi connectivity index (χ3v) is 5.15. The molecule has 32 heavy (non-hydrogen) atoms. The van der Waals surface area contributed by atoms with Crippen molar-refractivity contribution in [3.05, 3.63) is 39.8 Å². The number of pyridine rings is 1. The summed E-state index contributed by atoms with van der Waals surface area (Å²) in [7, 11) is 0. The van der Waals surface area contributed by atoms with Crippen molar-refractivity contribution in [2.24, 2.45) is 0 Å². The second-order valence-electron chi connectivity index (χ2n) is 7.35. The zero-order valence-electron chi connectivity index (χ0n) is 17.7. The molecular weight excluding hydrogens is 464 g/mol. The molecule has 0 spiro atoms. The van der Waals surface area contributed by atoms with Crippen LogP contribution in [0.1, 0.15) is 45.1 Å². The summed E-state index contributed by atoms with van der Waals surface area (Å²) < 4.78 is 20.0. The Kier molecular flexibility index (Phi) is 8.91. The van der Waals surface area contributed by atoms with Gasteiger partial charge >= 0.3 is 5.97 Å². The van der Waals surface area contributed by atoms with Gasteiger partial charge in [-0.25, -0.2) is 4.79 Å². The number of hydrogen-bond acceptors (Lipinski definition) is 6. The summed E-state index contributed by atoms with van der Waals surface area (Å²) in [6.07, 6.45) is 0.468.